The van der Waals surface area contributed by atoms with E-state index in [4.69, 9.17) is 0 Å². The molecule has 12 aromatic rings. The van der Waals surface area contributed by atoms with Gasteiger partial charge in [-0.1, -0.05) is 146 Å². The van der Waals surface area contributed by atoms with Crippen LogP contribution in [0.15, 0.2) is 231 Å². The number of fused-ring (bicyclic) bond motifs is 15. The smallest absolute Gasteiger partial charge is 0.0659 e. The fraction of sp³-hybridized carbons (Fsp3) is 0.0323. The summed E-state index contributed by atoms with van der Waals surface area (Å²) in [4.78, 5) is 5.01. The van der Waals surface area contributed by atoms with Gasteiger partial charge in [-0.2, -0.15) is 0 Å². The molecule has 4 nitrogen and oxygen atoms in total. The Morgan fingerprint density at radius 2 is 0.576 bits per heavy atom. The molecule has 310 valence electrons. The summed E-state index contributed by atoms with van der Waals surface area (Å²) in [6.07, 6.45) is 0. The quantitative estimate of drug-likeness (QED) is 0.175. The summed E-state index contributed by atoms with van der Waals surface area (Å²) in [6, 6.07) is 85.3. The van der Waals surface area contributed by atoms with Crippen molar-refractivity contribution in [3.05, 3.63) is 231 Å². The SMILES string of the molecule is c1ccc(N2CCN(c3ccccc3)c3cc4c(cc32)-c2ccccc2-c2ccccc2-c2cc(-n3c5ccccc5c5cc(-n6c7ccccc7c7ccccc76)ccc53)ccc2-4)cc1. The van der Waals surface area contributed by atoms with Crippen LogP contribution in [0.1, 0.15) is 0 Å². The van der Waals surface area contributed by atoms with Crippen molar-refractivity contribution in [3.8, 4) is 55.9 Å². The van der Waals surface area contributed by atoms with Crippen molar-refractivity contribution in [1.82, 2.24) is 9.13 Å². The van der Waals surface area contributed by atoms with E-state index in [0.717, 1.165) is 24.5 Å². The second-order valence-electron chi connectivity index (χ2n) is 17.6. The molecule has 0 saturated carbocycles. The number of nitrogens with zero attached hydrogens (tertiary/aromatic N) is 4. The molecule has 3 heterocycles. The molecule has 0 atom stereocenters. The minimum absolute atomic E-state index is 0.863. The van der Waals surface area contributed by atoms with Gasteiger partial charge < -0.3 is 18.9 Å². The summed E-state index contributed by atoms with van der Waals surface area (Å²) in [7, 11) is 0. The first-order valence-electron chi connectivity index (χ1n) is 23.0. The average Bonchev–Trinajstić information content (AvgIpc) is 3.90. The maximum absolute atomic E-state index is 2.51. The number of rotatable bonds is 4. The zero-order chi connectivity index (χ0) is 43.3. The summed E-state index contributed by atoms with van der Waals surface area (Å²) in [6.45, 7) is 1.73. The summed E-state index contributed by atoms with van der Waals surface area (Å²) in [5, 5.41) is 4.99. The summed E-state index contributed by atoms with van der Waals surface area (Å²) in [5.74, 6) is 0. The van der Waals surface area contributed by atoms with Crippen LogP contribution in [0, 0.1) is 0 Å². The van der Waals surface area contributed by atoms with Crippen LogP contribution in [-0.2, 0) is 0 Å². The molecule has 0 saturated heterocycles. The maximum atomic E-state index is 2.51. The fourth-order valence-electron chi connectivity index (χ4n) is 11.3. The van der Waals surface area contributed by atoms with Gasteiger partial charge >= 0.3 is 0 Å². The maximum Gasteiger partial charge on any atom is 0.0659 e. The van der Waals surface area contributed by atoms with Crippen LogP contribution in [0.4, 0.5) is 22.7 Å². The lowest BCUT2D eigenvalue weighted by Gasteiger charge is -2.40. The standard InChI is InChI=1S/C62H42N4/c1-3-17-41(18-4-1)63-35-36-64(42-19-5-2-6-20-42)62-40-55-49-33-31-43(37-53(49)47-23-9-7-21-45(47)46-22-8-10-24-48(46)54(55)39-61(62)63)66-59-30-16-13-27-52(59)56-38-44(32-34-60(56)66)65-57-28-14-11-25-50(57)51-26-12-15-29-58(51)65/h1-34,37-40H,35-36H2. The van der Waals surface area contributed by atoms with E-state index in [1.807, 2.05) is 0 Å². The number of benzene rings is 10. The van der Waals surface area contributed by atoms with E-state index in [1.165, 1.54) is 111 Å². The molecule has 0 bridgehead atoms. The molecule has 0 fully saturated rings. The predicted molar refractivity (Wildman–Crippen MR) is 277 cm³/mol. The van der Waals surface area contributed by atoms with Crippen molar-refractivity contribution in [3.63, 3.8) is 0 Å². The van der Waals surface area contributed by atoms with Crippen molar-refractivity contribution in [2.24, 2.45) is 0 Å². The molecule has 0 unspecified atom stereocenters. The van der Waals surface area contributed by atoms with Crippen molar-refractivity contribution < 1.29 is 0 Å². The largest absolute Gasteiger partial charge is 0.338 e. The summed E-state index contributed by atoms with van der Waals surface area (Å²) < 4.78 is 4.89. The Labute approximate surface area is 383 Å². The predicted octanol–water partition coefficient (Wildman–Crippen LogP) is 16.2. The van der Waals surface area contributed by atoms with Gasteiger partial charge in [0.15, 0.2) is 0 Å². The Morgan fingerprint density at radius 3 is 1.08 bits per heavy atom. The van der Waals surface area contributed by atoms with Crippen molar-refractivity contribution in [2.75, 3.05) is 22.9 Å². The molecule has 0 radical (unpaired) electrons. The Bertz CT molecular complexity index is 3840. The molecule has 66 heavy (non-hydrogen) atoms. The molecule has 14 rings (SSSR count). The molecule has 0 spiro atoms. The Morgan fingerprint density at radius 1 is 0.227 bits per heavy atom. The van der Waals surface area contributed by atoms with Gasteiger partial charge in [-0.15, -0.1) is 0 Å². The van der Waals surface area contributed by atoms with Crippen molar-refractivity contribution in [2.45, 2.75) is 0 Å². The van der Waals surface area contributed by atoms with Crippen LogP contribution in [0.25, 0.3) is 99.5 Å². The highest BCUT2D eigenvalue weighted by molar-refractivity contribution is 6.13. The third kappa shape index (κ3) is 5.45. The van der Waals surface area contributed by atoms with E-state index in [1.54, 1.807) is 0 Å². The molecule has 1 aliphatic heterocycles. The minimum Gasteiger partial charge on any atom is -0.338 e. The molecular formula is C62H42N4. The zero-order valence-electron chi connectivity index (χ0n) is 36.1. The lowest BCUT2D eigenvalue weighted by molar-refractivity contribution is 0.850. The van der Waals surface area contributed by atoms with Gasteiger partial charge in [0.1, 0.15) is 0 Å². The van der Waals surface area contributed by atoms with E-state index in [-0.39, 0.29) is 0 Å². The summed E-state index contributed by atoms with van der Waals surface area (Å²) >= 11 is 0. The van der Waals surface area contributed by atoms with Gasteiger partial charge in [0, 0.05) is 57.4 Å². The van der Waals surface area contributed by atoms with Crippen LogP contribution in [-0.4, -0.2) is 22.2 Å². The van der Waals surface area contributed by atoms with E-state index in [9.17, 15) is 0 Å². The second kappa shape index (κ2) is 14.5. The van der Waals surface area contributed by atoms with Crippen LogP contribution in [0.2, 0.25) is 0 Å². The molecule has 10 aromatic carbocycles. The van der Waals surface area contributed by atoms with E-state index < -0.39 is 0 Å². The van der Waals surface area contributed by atoms with Gasteiger partial charge in [-0.25, -0.2) is 0 Å². The molecule has 0 amide bonds. The number of para-hydroxylation sites is 5. The number of hydrogen-bond donors (Lipinski definition) is 0. The van der Waals surface area contributed by atoms with Gasteiger partial charge in [0.05, 0.1) is 33.4 Å². The van der Waals surface area contributed by atoms with Crippen LogP contribution < -0.4 is 9.80 Å². The van der Waals surface area contributed by atoms with Gasteiger partial charge in [0.25, 0.3) is 0 Å². The minimum atomic E-state index is 0.863. The van der Waals surface area contributed by atoms with Crippen LogP contribution >= 0.6 is 0 Å². The first-order valence-corrected chi connectivity index (χ1v) is 23.0. The van der Waals surface area contributed by atoms with Crippen LogP contribution in [0.3, 0.4) is 0 Å². The number of anilines is 4. The zero-order valence-corrected chi connectivity index (χ0v) is 36.1. The normalized spacial score (nSPS) is 13.0. The first kappa shape index (κ1) is 36.8. The van der Waals surface area contributed by atoms with Crippen molar-refractivity contribution >= 4 is 66.4 Å². The average molecular weight is 843 g/mol. The molecule has 2 aliphatic rings. The fourth-order valence-corrected chi connectivity index (χ4v) is 11.3. The lowest BCUT2D eigenvalue weighted by Crippen LogP contribution is -2.36. The third-order valence-corrected chi connectivity index (χ3v) is 14.1. The van der Waals surface area contributed by atoms with Gasteiger partial charge in [-0.05, 0) is 129 Å². The topological polar surface area (TPSA) is 16.3 Å². The molecular weight excluding hydrogens is 801 g/mol. The molecule has 0 N–H and O–H groups in total. The highest BCUT2D eigenvalue weighted by atomic mass is 15.3. The Balaban J connectivity index is 1.02. The van der Waals surface area contributed by atoms with Gasteiger partial charge in [0.2, 0.25) is 0 Å². The number of aromatic nitrogens is 2. The monoisotopic (exact) mass is 842 g/mol. The van der Waals surface area contributed by atoms with E-state index in [0.29, 0.717) is 0 Å². The van der Waals surface area contributed by atoms with E-state index in [2.05, 4.69) is 249 Å². The van der Waals surface area contributed by atoms with Crippen molar-refractivity contribution in [1.29, 1.82) is 0 Å². The molecule has 4 heteroatoms. The first-order chi connectivity index (χ1) is 32.8. The third-order valence-electron chi connectivity index (χ3n) is 14.1. The number of hydrogen-bond acceptors (Lipinski definition) is 2. The lowest BCUT2D eigenvalue weighted by atomic mass is 9.80. The second-order valence-corrected chi connectivity index (χ2v) is 17.6. The van der Waals surface area contributed by atoms with Crippen LogP contribution in [0.5, 0.6) is 0 Å². The molecule has 2 aromatic heterocycles. The highest BCUT2D eigenvalue weighted by Gasteiger charge is 2.30. The molecule has 1 aliphatic carbocycles. The highest BCUT2D eigenvalue weighted by Crippen LogP contribution is 2.53. The van der Waals surface area contributed by atoms with Gasteiger partial charge in [-0.3, -0.25) is 0 Å². The van der Waals surface area contributed by atoms with E-state index >= 15 is 0 Å². The Kier molecular flexibility index (Phi) is 8.07. The summed E-state index contributed by atoms with van der Waals surface area (Å²) in [5.41, 5.74) is 21.7. The Hall–Kier alpha value is -8.60.